The third-order valence-corrected chi connectivity index (χ3v) is 7.26. The summed E-state index contributed by atoms with van der Waals surface area (Å²) in [6.07, 6.45) is 2.57. The number of benzene rings is 2. The Labute approximate surface area is 179 Å². The molecule has 3 rings (SSSR count). The Morgan fingerprint density at radius 3 is 2.17 bits per heavy atom. The topological polar surface area (TPSA) is 75.7 Å². The molecule has 2 aromatic rings. The maximum absolute atomic E-state index is 12.9. The zero-order chi connectivity index (χ0) is 21.7. The SMILES string of the molecule is COc1ccc([C@H](CC(C)C)NC(=O)c2ccc(S(=O)(=O)N3CCCC3)cc2)cc1. The molecule has 1 aliphatic rings. The molecular weight excluding hydrogens is 400 g/mol. The number of carbonyl (C=O) groups excluding carboxylic acids is 1. The number of nitrogens with one attached hydrogen (secondary N) is 1. The van der Waals surface area contributed by atoms with Crippen LogP contribution in [0.3, 0.4) is 0 Å². The van der Waals surface area contributed by atoms with Gasteiger partial charge in [-0.2, -0.15) is 4.31 Å². The van der Waals surface area contributed by atoms with Gasteiger partial charge in [0.15, 0.2) is 0 Å². The van der Waals surface area contributed by atoms with Crippen LogP contribution in [-0.4, -0.2) is 38.8 Å². The van der Waals surface area contributed by atoms with E-state index in [-0.39, 0.29) is 16.8 Å². The first-order chi connectivity index (χ1) is 14.3. The molecule has 0 aromatic heterocycles. The summed E-state index contributed by atoms with van der Waals surface area (Å²) >= 11 is 0. The Morgan fingerprint density at radius 1 is 1.03 bits per heavy atom. The fraction of sp³-hybridized carbons (Fsp3) is 0.435. The first-order valence-electron chi connectivity index (χ1n) is 10.4. The summed E-state index contributed by atoms with van der Waals surface area (Å²) in [6.45, 7) is 5.34. The number of hydrogen-bond donors (Lipinski definition) is 1. The second-order valence-corrected chi connectivity index (χ2v) is 10.0. The fourth-order valence-electron chi connectivity index (χ4n) is 3.68. The molecule has 1 aliphatic heterocycles. The van der Waals surface area contributed by atoms with Crippen LogP contribution in [0.15, 0.2) is 53.4 Å². The Morgan fingerprint density at radius 2 is 1.63 bits per heavy atom. The van der Waals surface area contributed by atoms with E-state index in [1.54, 1.807) is 19.2 Å². The minimum atomic E-state index is -3.48. The maximum Gasteiger partial charge on any atom is 0.251 e. The van der Waals surface area contributed by atoms with Crippen LogP contribution in [0, 0.1) is 5.92 Å². The lowest BCUT2D eigenvalue weighted by molar-refractivity contribution is 0.0932. The van der Waals surface area contributed by atoms with Crippen molar-refractivity contribution in [2.45, 2.75) is 44.0 Å². The summed E-state index contributed by atoms with van der Waals surface area (Å²) in [5.41, 5.74) is 1.45. The Balaban J connectivity index is 1.75. The predicted molar refractivity (Wildman–Crippen MR) is 117 cm³/mol. The van der Waals surface area contributed by atoms with Gasteiger partial charge in [-0.1, -0.05) is 26.0 Å². The third kappa shape index (κ3) is 5.21. The Hall–Kier alpha value is -2.38. The van der Waals surface area contributed by atoms with Gasteiger partial charge in [-0.15, -0.1) is 0 Å². The second-order valence-electron chi connectivity index (χ2n) is 8.06. The molecule has 0 unspecified atom stereocenters. The van der Waals surface area contributed by atoms with Gasteiger partial charge in [0, 0.05) is 18.7 Å². The highest BCUT2D eigenvalue weighted by molar-refractivity contribution is 7.89. The molecule has 0 aliphatic carbocycles. The normalized spacial score (nSPS) is 15.9. The van der Waals surface area contributed by atoms with Crippen molar-refractivity contribution in [1.29, 1.82) is 0 Å². The fourth-order valence-corrected chi connectivity index (χ4v) is 5.20. The van der Waals surface area contributed by atoms with Gasteiger partial charge < -0.3 is 10.1 Å². The van der Waals surface area contributed by atoms with E-state index >= 15 is 0 Å². The maximum atomic E-state index is 12.9. The standard InChI is InChI=1S/C23H30N2O4S/c1-17(2)16-22(18-6-10-20(29-3)11-7-18)24-23(26)19-8-12-21(13-9-19)30(27,28)25-14-4-5-15-25/h6-13,17,22H,4-5,14-16H2,1-3H3,(H,24,26)/t22-/m0/s1. The van der Waals surface area contributed by atoms with Crippen LogP contribution < -0.4 is 10.1 Å². The minimum Gasteiger partial charge on any atom is -0.497 e. The van der Waals surface area contributed by atoms with Gasteiger partial charge in [0.1, 0.15) is 5.75 Å². The van der Waals surface area contributed by atoms with E-state index < -0.39 is 10.0 Å². The lowest BCUT2D eigenvalue weighted by Crippen LogP contribution is -2.30. The monoisotopic (exact) mass is 430 g/mol. The predicted octanol–water partition coefficient (Wildman–Crippen LogP) is 4.00. The van der Waals surface area contributed by atoms with Crippen molar-refractivity contribution in [3.8, 4) is 5.75 Å². The van der Waals surface area contributed by atoms with E-state index in [4.69, 9.17) is 4.74 Å². The average Bonchev–Trinajstić information content (AvgIpc) is 3.29. The number of nitrogens with zero attached hydrogens (tertiary/aromatic N) is 1. The van der Waals surface area contributed by atoms with E-state index in [0.717, 1.165) is 30.6 Å². The van der Waals surface area contributed by atoms with Gasteiger partial charge in [0.25, 0.3) is 5.91 Å². The van der Waals surface area contributed by atoms with Crippen LogP contribution >= 0.6 is 0 Å². The molecule has 1 amide bonds. The highest BCUT2D eigenvalue weighted by atomic mass is 32.2. The van der Waals surface area contributed by atoms with Gasteiger partial charge in [-0.05, 0) is 67.1 Å². The summed E-state index contributed by atoms with van der Waals surface area (Å²) < 4.78 is 32.1. The van der Waals surface area contributed by atoms with Crippen molar-refractivity contribution in [3.05, 3.63) is 59.7 Å². The lowest BCUT2D eigenvalue weighted by Gasteiger charge is -2.22. The molecule has 0 radical (unpaired) electrons. The number of sulfonamides is 1. The van der Waals surface area contributed by atoms with Gasteiger partial charge in [0.2, 0.25) is 10.0 Å². The van der Waals surface area contributed by atoms with E-state index in [2.05, 4.69) is 19.2 Å². The molecule has 162 valence electrons. The minimum absolute atomic E-state index is 0.142. The third-order valence-electron chi connectivity index (χ3n) is 5.35. The van der Waals surface area contributed by atoms with Crippen LogP contribution in [-0.2, 0) is 10.0 Å². The van der Waals surface area contributed by atoms with Crippen molar-refractivity contribution in [1.82, 2.24) is 9.62 Å². The highest BCUT2D eigenvalue weighted by Gasteiger charge is 2.27. The molecule has 2 aromatic carbocycles. The molecular formula is C23H30N2O4S. The zero-order valence-corrected chi connectivity index (χ0v) is 18.6. The first-order valence-corrected chi connectivity index (χ1v) is 11.8. The first kappa shape index (κ1) is 22.3. The van der Waals surface area contributed by atoms with Crippen LogP contribution in [0.5, 0.6) is 5.75 Å². The largest absolute Gasteiger partial charge is 0.497 e. The Kier molecular flexibility index (Phi) is 7.15. The molecule has 1 saturated heterocycles. The number of amides is 1. The molecule has 0 saturated carbocycles. The Bertz CT molecular complexity index is 948. The second kappa shape index (κ2) is 9.62. The molecule has 1 heterocycles. The molecule has 0 spiro atoms. The van der Waals surface area contributed by atoms with Crippen molar-refractivity contribution in [3.63, 3.8) is 0 Å². The molecule has 0 bridgehead atoms. The molecule has 1 fully saturated rings. The summed E-state index contributed by atoms with van der Waals surface area (Å²) in [5, 5.41) is 3.09. The van der Waals surface area contributed by atoms with Gasteiger partial charge in [-0.3, -0.25) is 4.79 Å². The number of hydrogen-bond acceptors (Lipinski definition) is 4. The highest BCUT2D eigenvalue weighted by Crippen LogP contribution is 2.25. The molecule has 30 heavy (non-hydrogen) atoms. The van der Waals surface area contributed by atoms with E-state index in [0.29, 0.717) is 24.6 Å². The smallest absolute Gasteiger partial charge is 0.251 e. The number of rotatable bonds is 8. The van der Waals surface area contributed by atoms with Crippen LogP contribution in [0.2, 0.25) is 0 Å². The molecule has 7 heteroatoms. The van der Waals surface area contributed by atoms with Crippen molar-refractivity contribution in [2.24, 2.45) is 5.92 Å². The van der Waals surface area contributed by atoms with E-state index in [9.17, 15) is 13.2 Å². The molecule has 1 N–H and O–H groups in total. The molecule has 1 atom stereocenters. The molecule has 6 nitrogen and oxygen atoms in total. The average molecular weight is 431 g/mol. The summed E-state index contributed by atoms with van der Waals surface area (Å²) in [5.74, 6) is 0.940. The van der Waals surface area contributed by atoms with Gasteiger partial charge in [-0.25, -0.2) is 8.42 Å². The van der Waals surface area contributed by atoms with Crippen LogP contribution in [0.25, 0.3) is 0 Å². The van der Waals surface area contributed by atoms with Crippen molar-refractivity contribution >= 4 is 15.9 Å². The van der Waals surface area contributed by atoms with Gasteiger partial charge >= 0.3 is 0 Å². The van der Waals surface area contributed by atoms with Crippen LogP contribution in [0.1, 0.15) is 55.1 Å². The van der Waals surface area contributed by atoms with Gasteiger partial charge in [0.05, 0.1) is 18.0 Å². The zero-order valence-electron chi connectivity index (χ0n) is 17.8. The van der Waals surface area contributed by atoms with E-state index in [1.165, 1.54) is 16.4 Å². The lowest BCUT2D eigenvalue weighted by atomic mass is 9.96. The van der Waals surface area contributed by atoms with Crippen molar-refractivity contribution < 1.29 is 17.9 Å². The quantitative estimate of drug-likeness (QED) is 0.687. The summed E-state index contributed by atoms with van der Waals surface area (Å²) in [4.78, 5) is 13.1. The number of ether oxygens (including phenoxy) is 1. The summed E-state index contributed by atoms with van der Waals surface area (Å²) in [6, 6.07) is 13.7. The van der Waals surface area contributed by atoms with Crippen LogP contribution in [0.4, 0.5) is 0 Å². The van der Waals surface area contributed by atoms with Crippen molar-refractivity contribution in [2.75, 3.05) is 20.2 Å². The number of methoxy groups -OCH3 is 1. The summed E-state index contributed by atoms with van der Waals surface area (Å²) in [7, 11) is -1.86. The number of carbonyl (C=O) groups is 1. The van der Waals surface area contributed by atoms with E-state index in [1.807, 2.05) is 24.3 Å².